The zero-order valence-corrected chi connectivity index (χ0v) is 22.4. The molecule has 1 aliphatic rings. The SMILES string of the molecule is CC(C)(C)OC(=O)N1C[C@@H](C(=O)NCCc2ccc(Cl)cc2)[C@H](C(=O)NCCc2ccc(Cl)cc2)C1. The zero-order chi connectivity index (χ0) is 26.3. The summed E-state index contributed by atoms with van der Waals surface area (Å²) in [5.74, 6) is -1.85. The number of rotatable bonds is 8. The van der Waals surface area contributed by atoms with Gasteiger partial charge in [-0.1, -0.05) is 47.5 Å². The van der Waals surface area contributed by atoms with Crippen molar-refractivity contribution in [1.29, 1.82) is 0 Å². The van der Waals surface area contributed by atoms with E-state index in [2.05, 4.69) is 10.6 Å². The van der Waals surface area contributed by atoms with Crippen LogP contribution in [0.15, 0.2) is 48.5 Å². The van der Waals surface area contributed by atoms with Gasteiger partial charge in [0.25, 0.3) is 0 Å². The second-order valence-electron chi connectivity index (χ2n) is 9.93. The van der Waals surface area contributed by atoms with Crippen LogP contribution in [0.1, 0.15) is 31.9 Å². The lowest BCUT2D eigenvalue weighted by atomic mass is 9.94. The fourth-order valence-electron chi connectivity index (χ4n) is 4.04. The Morgan fingerprint density at radius 3 is 1.56 bits per heavy atom. The molecule has 3 rings (SSSR count). The van der Waals surface area contributed by atoms with Gasteiger partial charge < -0.3 is 20.3 Å². The highest BCUT2D eigenvalue weighted by Crippen LogP contribution is 2.26. The maximum Gasteiger partial charge on any atom is 0.410 e. The number of hydrogen-bond donors (Lipinski definition) is 2. The maximum absolute atomic E-state index is 13.1. The first-order valence-electron chi connectivity index (χ1n) is 12.0. The van der Waals surface area contributed by atoms with Gasteiger partial charge in [-0.25, -0.2) is 4.79 Å². The van der Waals surface area contributed by atoms with Crippen LogP contribution in [-0.2, 0) is 27.2 Å². The van der Waals surface area contributed by atoms with Crippen molar-refractivity contribution in [3.05, 3.63) is 69.7 Å². The van der Waals surface area contributed by atoms with Crippen molar-refractivity contribution in [2.45, 2.75) is 39.2 Å². The molecule has 1 saturated heterocycles. The Hall–Kier alpha value is -2.77. The lowest BCUT2D eigenvalue weighted by Crippen LogP contribution is -2.42. The molecule has 1 fully saturated rings. The molecule has 0 unspecified atom stereocenters. The molecule has 1 aliphatic heterocycles. The van der Waals surface area contributed by atoms with Gasteiger partial charge in [-0.15, -0.1) is 0 Å². The molecule has 3 amide bonds. The number of hydrogen-bond acceptors (Lipinski definition) is 4. The van der Waals surface area contributed by atoms with E-state index in [1.54, 1.807) is 45.0 Å². The minimum Gasteiger partial charge on any atom is -0.444 e. The van der Waals surface area contributed by atoms with Gasteiger partial charge in [-0.2, -0.15) is 0 Å². The van der Waals surface area contributed by atoms with Gasteiger partial charge in [-0.05, 0) is 69.0 Å². The highest BCUT2D eigenvalue weighted by atomic mass is 35.5. The number of benzene rings is 2. The lowest BCUT2D eigenvalue weighted by molar-refractivity contribution is -0.132. The Bertz CT molecular complexity index is 981. The number of halogens is 2. The van der Waals surface area contributed by atoms with Crippen LogP contribution in [0.5, 0.6) is 0 Å². The van der Waals surface area contributed by atoms with Crippen LogP contribution in [0.2, 0.25) is 10.0 Å². The summed E-state index contributed by atoms with van der Waals surface area (Å²) in [5, 5.41) is 7.16. The van der Waals surface area contributed by atoms with Crippen LogP contribution in [0.25, 0.3) is 0 Å². The molecule has 0 aromatic heterocycles. The van der Waals surface area contributed by atoms with E-state index in [-0.39, 0.29) is 24.9 Å². The number of carbonyl (C=O) groups is 3. The summed E-state index contributed by atoms with van der Waals surface area (Å²) in [4.78, 5) is 40.3. The Labute approximate surface area is 222 Å². The second-order valence-corrected chi connectivity index (χ2v) is 10.8. The highest BCUT2D eigenvalue weighted by molar-refractivity contribution is 6.30. The molecular weight excluding hydrogens is 501 g/mol. The summed E-state index contributed by atoms with van der Waals surface area (Å²) in [6.45, 7) is 6.41. The molecule has 2 atom stereocenters. The van der Waals surface area contributed by atoms with Gasteiger partial charge in [0, 0.05) is 36.2 Å². The van der Waals surface area contributed by atoms with E-state index in [4.69, 9.17) is 27.9 Å². The summed E-state index contributed by atoms with van der Waals surface area (Å²) in [7, 11) is 0. The monoisotopic (exact) mass is 533 g/mol. The van der Waals surface area contributed by atoms with Crippen molar-refractivity contribution >= 4 is 41.1 Å². The second kappa shape index (κ2) is 12.5. The third kappa shape index (κ3) is 8.42. The van der Waals surface area contributed by atoms with Crippen molar-refractivity contribution in [2.24, 2.45) is 11.8 Å². The van der Waals surface area contributed by atoms with Crippen LogP contribution in [0.4, 0.5) is 4.79 Å². The molecule has 194 valence electrons. The van der Waals surface area contributed by atoms with Gasteiger partial charge >= 0.3 is 6.09 Å². The maximum atomic E-state index is 13.1. The fraction of sp³-hybridized carbons (Fsp3) is 0.444. The number of ether oxygens (including phenoxy) is 1. The fourth-order valence-corrected chi connectivity index (χ4v) is 4.29. The molecule has 36 heavy (non-hydrogen) atoms. The topological polar surface area (TPSA) is 87.7 Å². The molecule has 7 nitrogen and oxygen atoms in total. The standard InChI is InChI=1S/C27H33Cl2N3O4/c1-27(2,3)36-26(35)32-16-22(24(33)30-14-12-18-4-8-20(28)9-5-18)23(17-32)25(34)31-15-13-19-6-10-21(29)11-7-19/h4-11,22-23H,12-17H2,1-3H3,(H,30,33)(H,31,34)/t22-,23-/m1/s1. The molecule has 9 heteroatoms. The van der Waals surface area contributed by atoms with E-state index in [1.165, 1.54) is 4.90 Å². The van der Waals surface area contributed by atoms with Crippen molar-refractivity contribution in [3.8, 4) is 0 Å². The van der Waals surface area contributed by atoms with E-state index >= 15 is 0 Å². The van der Waals surface area contributed by atoms with Crippen molar-refractivity contribution in [3.63, 3.8) is 0 Å². The first-order valence-corrected chi connectivity index (χ1v) is 12.8. The minimum absolute atomic E-state index is 0.122. The molecule has 0 bridgehead atoms. The number of nitrogens with one attached hydrogen (secondary N) is 2. The Balaban J connectivity index is 1.60. The largest absolute Gasteiger partial charge is 0.444 e. The summed E-state index contributed by atoms with van der Waals surface area (Å²) in [5.41, 5.74) is 1.41. The van der Waals surface area contributed by atoms with E-state index < -0.39 is 23.5 Å². The first kappa shape index (κ1) is 27.8. The summed E-state index contributed by atoms with van der Waals surface area (Å²) in [6, 6.07) is 14.8. The summed E-state index contributed by atoms with van der Waals surface area (Å²) >= 11 is 11.9. The predicted octanol–water partition coefficient (Wildman–Crippen LogP) is 4.49. The van der Waals surface area contributed by atoms with Gasteiger partial charge in [0.1, 0.15) is 5.60 Å². The van der Waals surface area contributed by atoms with Gasteiger partial charge in [0.15, 0.2) is 0 Å². The molecule has 2 aromatic rings. The Kier molecular flexibility index (Phi) is 9.63. The van der Waals surface area contributed by atoms with Crippen LogP contribution in [0, 0.1) is 11.8 Å². The smallest absolute Gasteiger partial charge is 0.410 e. The average molecular weight is 534 g/mol. The summed E-state index contributed by atoms with van der Waals surface area (Å²) in [6.07, 6.45) is 0.727. The molecule has 0 radical (unpaired) electrons. The third-order valence-corrected chi connectivity index (χ3v) is 6.40. The Morgan fingerprint density at radius 1 is 0.806 bits per heavy atom. The van der Waals surface area contributed by atoms with Crippen LogP contribution < -0.4 is 10.6 Å². The van der Waals surface area contributed by atoms with Crippen LogP contribution >= 0.6 is 23.2 Å². The highest BCUT2D eigenvalue weighted by Gasteiger charge is 2.44. The van der Waals surface area contributed by atoms with E-state index in [0.717, 1.165) is 11.1 Å². The average Bonchev–Trinajstić information content (AvgIpc) is 3.27. The molecule has 2 N–H and O–H groups in total. The van der Waals surface area contributed by atoms with Crippen LogP contribution in [0.3, 0.4) is 0 Å². The van der Waals surface area contributed by atoms with Crippen molar-refractivity contribution in [1.82, 2.24) is 15.5 Å². The van der Waals surface area contributed by atoms with E-state index in [1.807, 2.05) is 24.3 Å². The zero-order valence-electron chi connectivity index (χ0n) is 20.9. The van der Waals surface area contributed by atoms with Crippen molar-refractivity contribution < 1.29 is 19.1 Å². The van der Waals surface area contributed by atoms with Gasteiger partial charge in [-0.3, -0.25) is 9.59 Å². The molecule has 0 saturated carbocycles. The van der Waals surface area contributed by atoms with Crippen LogP contribution in [-0.4, -0.2) is 54.6 Å². The predicted molar refractivity (Wildman–Crippen MR) is 141 cm³/mol. The molecule has 0 aliphatic carbocycles. The van der Waals surface area contributed by atoms with E-state index in [9.17, 15) is 14.4 Å². The lowest BCUT2D eigenvalue weighted by Gasteiger charge is -2.24. The number of amides is 3. The number of nitrogens with zero attached hydrogens (tertiary/aromatic N) is 1. The third-order valence-electron chi connectivity index (χ3n) is 5.90. The molecule has 1 heterocycles. The molecular formula is C27H33Cl2N3O4. The number of likely N-dealkylation sites (tertiary alicyclic amines) is 1. The normalized spacial score (nSPS) is 17.5. The quantitative estimate of drug-likeness (QED) is 0.523. The summed E-state index contributed by atoms with van der Waals surface area (Å²) < 4.78 is 5.48. The minimum atomic E-state index is -0.674. The number of carbonyl (C=O) groups excluding carboxylic acids is 3. The molecule has 2 aromatic carbocycles. The van der Waals surface area contributed by atoms with Crippen molar-refractivity contribution in [2.75, 3.05) is 26.2 Å². The first-order chi connectivity index (χ1) is 17.0. The van der Waals surface area contributed by atoms with Gasteiger partial charge in [0.05, 0.1) is 11.8 Å². The molecule has 0 spiro atoms. The Morgan fingerprint density at radius 2 is 1.19 bits per heavy atom. The van der Waals surface area contributed by atoms with Gasteiger partial charge in [0.2, 0.25) is 11.8 Å². The van der Waals surface area contributed by atoms with E-state index in [0.29, 0.717) is 36.0 Å².